The van der Waals surface area contributed by atoms with Gasteiger partial charge in [-0.3, -0.25) is 4.79 Å². The minimum atomic E-state index is -2.42. The SMILES string of the molecule is CC(=O)c1ccc(NCC(F)F)cc1N. The van der Waals surface area contributed by atoms with Crippen LogP contribution in [-0.2, 0) is 0 Å². The largest absolute Gasteiger partial charge is 0.398 e. The lowest BCUT2D eigenvalue weighted by molar-refractivity contribution is 0.101. The molecule has 0 amide bonds. The van der Waals surface area contributed by atoms with E-state index in [9.17, 15) is 13.6 Å². The monoisotopic (exact) mass is 214 g/mol. The number of hydrogen-bond acceptors (Lipinski definition) is 3. The molecule has 0 bridgehead atoms. The standard InChI is InChI=1S/C10H12F2N2O/c1-6(15)8-3-2-7(4-9(8)13)14-5-10(11)12/h2-4,10,14H,5,13H2,1H3. The molecule has 0 aliphatic rings. The van der Waals surface area contributed by atoms with Crippen LogP contribution in [0.3, 0.4) is 0 Å². The second-order valence-corrected chi connectivity index (χ2v) is 3.13. The number of halogens is 2. The number of nitrogens with one attached hydrogen (secondary N) is 1. The average Bonchev–Trinajstić information content (AvgIpc) is 2.14. The normalized spacial score (nSPS) is 10.4. The molecule has 0 heterocycles. The zero-order valence-corrected chi connectivity index (χ0v) is 8.26. The maximum Gasteiger partial charge on any atom is 0.255 e. The summed E-state index contributed by atoms with van der Waals surface area (Å²) in [4.78, 5) is 11.0. The third-order valence-electron chi connectivity index (χ3n) is 1.89. The molecule has 0 atom stereocenters. The summed E-state index contributed by atoms with van der Waals surface area (Å²) >= 11 is 0. The van der Waals surface area contributed by atoms with Gasteiger partial charge in [0.25, 0.3) is 6.43 Å². The van der Waals surface area contributed by atoms with Gasteiger partial charge in [0.1, 0.15) is 0 Å². The molecular weight excluding hydrogens is 202 g/mol. The van der Waals surface area contributed by atoms with Crippen LogP contribution in [0.5, 0.6) is 0 Å². The molecule has 1 aromatic rings. The fourth-order valence-electron chi connectivity index (χ4n) is 1.19. The van der Waals surface area contributed by atoms with E-state index in [4.69, 9.17) is 5.73 Å². The Morgan fingerprint density at radius 3 is 2.67 bits per heavy atom. The van der Waals surface area contributed by atoms with Crippen molar-refractivity contribution in [3.8, 4) is 0 Å². The lowest BCUT2D eigenvalue weighted by Gasteiger charge is -2.08. The summed E-state index contributed by atoms with van der Waals surface area (Å²) < 4.78 is 23.8. The molecule has 0 radical (unpaired) electrons. The number of rotatable bonds is 4. The molecule has 0 fully saturated rings. The first kappa shape index (κ1) is 11.4. The maximum atomic E-state index is 11.9. The van der Waals surface area contributed by atoms with Crippen LogP contribution in [0.1, 0.15) is 17.3 Å². The van der Waals surface area contributed by atoms with Gasteiger partial charge in [0.15, 0.2) is 5.78 Å². The van der Waals surface area contributed by atoms with Crippen LogP contribution in [0.4, 0.5) is 20.2 Å². The molecule has 0 saturated heterocycles. The highest BCUT2D eigenvalue weighted by molar-refractivity contribution is 5.99. The summed E-state index contributed by atoms with van der Waals surface area (Å²) in [6.07, 6.45) is -2.42. The van der Waals surface area contributed by atoms with Gasteiger partial charge in [-0.15, -0.1) is 0 Å². The third kappa shape index (κ3) is 3.19. The van der Waals surface area contributed by atoms with Crippen molar-refractivity contribution in [1.29, 1.82) is 0 Å². The van der Waals surface area contributed by atoms with E-state index in [1.807, 2.05) is 0 Å². The molecule has 5 heteroatoms. The molecule has 1 aromatic carbocycles. The number of benzene rings is 1. The quantitative estimate of drug-likeness (QED) is 0.596. The zero-order valence-electron chi connectivity index (χ0n) is 8.26. The molecular formula is C10H12F2N2O. The fourth-order valence-corrected chi connectivity index (χ4v) is 1.19. The third-order valence-corrected chi connectivity index (χ3v) is 1.89. The number of hydrogen-bond donors (Lipinski definition) is 2. The smallest absolute Gasteiger partial charge is 0.255 e. The van der Waals surface area contributed by atoms with Crippen molar-refractivity contribution in [2.24, 2.45) is 0 Å². The maximum absolute atomic E-state index is 11.9. The van der Waals surface area contributed by atoms with Gasteiger partial charge in [0.2, 0.25) is 0 Å². The first-order chi connectivity index (χ1) is 7.00. The summed E-state index contributed by atoms with van der Waals surface area (Å²) in [6.45, 7) is 0.969. The Morgan fingerprint density at radius 1 is 1.53 bits per heavy atom. The van der Waals surface area contributed by atoms with E-state index in [0.717, 1.165) is 0 Å². The second-order valence-electron chi connectivity index (χ2n) is 3.13. The Morgan fingerprint density at radius 2 is 2.20 bits per heavy atom. The number of nitrogens with two attached hydrogens (primary N) is 1. The molecule has 1 rings (SSSR count). The molecule has 0 aliphatic heterocycles. The van der Waals surface area contributed by atoms with Gasteiger partial charge in [-0.1, -0.05) is 0 Å². The number of alkyl halides is 2. The fraction of sp³-hybridized carbons (Fsp3) is 0.300. The molecule has 15 heavy (non-hydrogen) atoms. The van der Waals surface area contributed by atoms with Crippen LogP contribution in [0.2, 0.25) is 0 Å². The van der Waals surface area contributed by atoms with E-state index in [1.54, 1.807) is 6.07 Å². The molecule has 3 nitrogen and oxygen atoms in total. The lowest BCUT2D eigenvalue weighted by atomic mass is 10.1. The van der Waals surface area contributed by atoms with Crippen LogP contribution < -0.4 is 11.1 Å². The Labute approximate surface area is 86.3 Å². The van der Waals surface area contributed by atoms with Crippen molar-refractivity contribution in [2.75, 3.05) is 17.6 Å². The predicted octanol–water partition coefficient (Wildman–Crippen LogP) is 2.15. The summed E-state index contributed by atoms with van der Waals surface area (Å²) in [5.41, 5.74) is 6.76. The van der Waals surface area contributed by atoms with E-state index >= 15 is 0 Å². The van der Waals surface area contributed by atoms with Gasteiger partial charge in [0, 0.05) is 16.9 Å². The number of ketones is 1. The van der Waals surface area contributed by atoms with E-state index in [1.165, 1.54) is 19.1 Å². The first-order valence-electron chi connectivity index (χ1n) is 4.43. The Bertz CT molecular complexity index is 366. The van der Waals surface area contributed by atoms with Crippen LogP contribution >= 0.6 is 0 Å². The Balaban J connectivity index is 2.78. The van der Waals surface area contributed by atoms with Crippen molar-refractivity contribution in [1.82, 2.24) is 0 Å². The van der Waals surface area contributed by atoms with Crippen molar-refractivity contribution in [2.45, 2.75) is 13.3 Å². The van der Waals surface area contributed by atoms with Crippen LogP contribution in [0, 0.1) is 0 Å². The summed E-state index contributed by atoms with van der Waals surface area (Å²) in [6, 6.07) is 4.54. The average molecular weight is 214 g/mol. The van der Waals surface area contributed by atoms with Crippen molar-refractivity contribution in [3.05, 3.63) is 23.8 Å². The van der Waals surface area contributed by atoms with Crippen molar-refractivity contribution >= 4 is 17.2 Å². The van der Waals surface area contributed by atoms with Gasteiger partial charge in [-0.05, 0) is 25.1 Å². The Kier molecular flexibility index (Phi) is 3.60. The van der Waals surface area contributed by atoms with E-state index in [-0.39, 0.29) is 5.78 Å². The number of carbonyl (C=O) groups excluding carboxylic acids is 1. The van der Waals surface area contributed by atoms with Gasteiger partial charge >= 0.3 is 0 Å². The van der Waals surface area contributed by atoms with Crippen LogP contribution in [0.25, 0.3) is 0 Å². The van der Waals surface area contributed by atoms with Crippen molar-refractivity contribution in [3.63, 3.8) is 0 Å². The molecule has 0 aliphatic carbocycles. The first-order valence-corrected chi connectivity index (χ1v) is 4.43. The summed E-state index contributed by atoms with van der Waals surface area (Å²) in [5, 5.41) is 2.51. The minimum absolute atomic E-state index is 0.145. The highest BCUT2D eigenvalue weighted by Gasteiger charge is 2.06. The summed E-state index contributed by atoms with van der Waals surface area (Å²) in [7, 11) is 0. The van der Waals surface area contributed by atoms with Crippen molar-refractivity contribution < 1.29 is 13.6 Å². The number of nitrogen functional groups attached to an aromatic ring is 1. The van der Waals surface area contributed by atoms with Gasteiger partial charge in [-0.25, -0.2) is 8.78 Å². The molecule has 0 aromatic heterocycles. The molecule has 82 valence electrons. The van der Waals surface area contributed by atoms with E-state index < -0.39 is 13.0 Å². The van der Waals surface area contributed by atoms with Crippen LogP contribution in [0.15, 0.2) is 18.2 Å². The minimum Gasteiger partial charge on any atom is -0.398 e. The van der Waals surface area contributed by atoms with Gasteiger partial charge in [-0.2, -0.15) is 0 Å². The zero-order chi connectivity index (χ0) is 11.4. The lowest BCUT2D eigenvalue weighted by Crippen LogP contribution is -2.10. The second kappa shape index (κ2) is 4.72. The number of Topliss-reactive ketones (excluding diaryl/α,β-unsaturated/α-hetero) is 1. The molecule has 3 N–H and O–H groups in total. The molecule has 0 spiro atoms. The van der Waals surface area contributed by atoms with E-state index in [2.05, 4.69) is 5.32 Å². The topological polar surface area (TPSA) is 55.1 Å². The number of carbonyl (C=O) groups is 1. The molecule has 0 saturated carbocycles. The highest BCUT2D eigenvalue weighted by atomic mass is 19.3. The molecule has 0 unspecified atom stereocenters. The van der Waals surface area contributed by atoms with E-state index in [0.29, 0.717) is 16.9 Å². The van der Waals surface area contributed by atoms with Gasteiger partial charge in [0.05, 0.1) is 6.54 Å². The predicted molar refractivity (Wildman–Crippen MR) is 55.4 cm³/mol. The summed E-state index contributed by atoms with van der Waals surface area (Å²) in [5.74, 6) is -0.145. The van der Waals surface area contributed by atoms with Crippen LogP contribution in [-0.4, -0.2) is 18.8 Å². The highest BCUT2D eigenvalue weighted by Crippen LogP contribution is 2.18. The van der Waals surface area contributed by atoms with Gasteiger partial charge < -0.3 is 11.1 Å². The Hall–Kier alpha value is -1.65. The number of anilines is 2.